The van der Waals surface area contributed by atoms with Crippen molar-refractivity contribution in [2.75, 3.05) is 29.9 Å². The number of nitrogens with two attached hydrogens (primary N) is 1. The highest BCUT2D eigenvalue weighted by molar-refractivity contribution is 6.03. The van der Waals surface area contributed by atoms with Gasteiger partial charge in [-0.2, -0.15) is 0 Å². The Balaban J connectivity index is 1.82. The highest BCUT2D eigenvalue weighted by Gasteiger charge is 2.32. The maximum atomic E-state index is 14.4. The van der Waals surface area contributed by atoms with Crippen molar-refractivity contribution in [2.45, 2.75) is 32.7 Å². The summed E-state index contributed by atoms with van der Waals surface area (Å²) in [6.07, 6.45) is 0.240. The second-order valence-corrected chi connectivity index (χ2v) is 8.65. The minimum atomic E-state index is -1.16. The summed E-state index contributed by atoms with van der Waals surface area (Å²) in [5.74, 6) is -3.80. The quantitative estimate of drug-likeness (QED) is 0.620. The number of amides is 4. The van der Waals surface area contributed by atoms with Crippen LogP contribution >= 0.6 is 0 Å². The predicted molar refractivity (Wildman–Crippen MR) is 124 cm³/mol. The topological polar surface area (TPSA) is 105 Å². The fourth-order valence-corrected chi connectivity index (χ4v) is 3.76. The van der Waals surface area contributed by atoms with Crippen LogP contribution in [-0.4, -0.2) is 48.7 Å². The molecule has 1 fully saturated rings. The number of benzene rings is 2. The number of carbonyl (C=O) groups is 3. The number of likely N-dealkylation sites (tertiary alicyclic amines) is 1. The SMILES string of the molecule is CC(C)COC(=O)N1CCC(N(C(=O)Nc2cc(C(N)=O)c(F)cc2F)c2cccc(F)c2)CC1. The number of anilines is 2. The molecule has 8 nitrogen and oxygen atoms in total. The number of carbonyl (C=O) groups excluding carboxylic acids is 3. The highest BCUT2D eigenvalue weighted by Crippen LogP contribution is 2.27. The predicted octanol–water partition coefficient (Wildman–Crippen LogP) is 4.50. The van der Waals surface area contributed by atoms with Crippen LogP contribution in [0.3, 0.4) is 0 Å². The zero-order valence-corrected chi connectivity index (χ0v) is 19.4. The van der Waals surface area contributed by atoms with Crippen molar-refractivity contribution in [3.05, 3.63) is 59.4 Å². The molecule has 0 aliphatic carbocycles. The van der Waals surface area contributed by atoms with E-state index in [0.717, 1.165) is 12.1 Å². The molecule has 2 aromatic rings. The van der Waals surface area contributed by atoms with E-state index in [9.17, 15) is 27.6 Å². The molecule has 3 N–H and O–H groups in total. The molecular weight excluding hydrogens is 465 g/mol. The number of urea groups is 1. The van der Waals surface area contributed by atoms with Gasteiger partial charge in [-0.15, -0.1) is 0 Å². The largest absolute Gasteiger partial charge is 0.449 e. The number of rotatable bonds is 6. The first-order chi connectivity index (χ1) is 16.6. The van der Waals surface area contributed by atoms with Gasteiger partial charge < -0.3 is 20.7 Å². The Bertz CT molecular complexity index is 1100. The zero-order valence-electron chi connectivity index (χ0n) is 19.4. The number of hydrogen-bond acceptors (Lipinski definition) is 4. The van der Waals surface area contributed by atoms with E-state index in [0.29, 0.717) is 18.9 Å². The molecule has 4 amide bonds. The molecule has 1 aliphatic heterocycles. The van der Waals surface area contributed by atoms with Crippen LogP contribution in [0.4, 0.5) is 34.1 Å². The van der Waals surface area contributed by atoms with E-state index in [-0.39, 0.29) is 31.3 Å². The molecule has 1 saturated heterocycles. The number of hydrogen-bond donors (Lipinski definition) is 2. The molecular formula is C24H27F3N4O4. The summed E-state index contributed by atoms with van der Waals surface area (Å²) >= 11 is 0. The number of nitrogens with zero attached hydrogens (tertiary/aromatic N) is 2. The first-order valence-electron chi connectivity index (χ1n) is 11.1. The molecule has 35 heavy (non-hydrogen) atoms. The third-order valence-corrected chi connectivity index (χ3v) is 5.50. The van der Waals surface area contributed by atoms with Crippen molar-refractivity contribution in [2.24, 2.45) is 11.7 Å². The molecule has 1 aliphatic rings. The Labute approximate surface area is 200 Å². The lowest BCUT2D eigenvalue weighted by Crippen LogP contribution is -2.50. The lowest BCUT2D eigenvalue weighted by Gasteiger charge is -2.38. The van der Waals surface area contributed by atoms with Crippen LogP contribution in [0.5, 0.6) is 0 Å². The monoisotopic (exact) mass is 492 g/mol. The van der Waals surface area contributed by atoms with Crippen LogP contribution in [0.25, 0.3) is 0 Å². The molecule has 0 unspecified atom stereocenters. The summed E-state index contributed by atoms with van der Waals surface area (Å²) in [5, 5.41) is 2.32. The van der Waals surface area contributed by atoms with Gasteiger partial charge in [0.05, 0.1) is 17.9 Å². The van der Waals surface area contributed by atoms with E-state index in [4.69, 9.17) is 10.5 Å². The van der Waals surface area contributed by atoms with Gasteiger partial charge in [-0.1, -0.05) is 19.9 Å². The summed E-state index contributed by atoms with van der Waals surface area (Å²) < 4.78 is 47.4. The number of piperidine rings is 1. The third-order valence-electron chi connectivity index (χ3n) is 5.50. The Morgan fingerprint density at radius 1 is 1.11 bits per heavy atom. The van der Waals surface area contributed by atoms with Crippen LogP contribution in [0, 0.1) is 23.4 Å². The molecule has 1 heterocycles. The first kappa shape index (κ1) is 25.9. The number of nitrogens with one attached hydrogen (secondary N) is 1. The fraction of sp³-hybridized carbons (Fsp3) is 0.375. The van der Waals surface area contributed by atoms with Gasteiger partial charge in [0, 0.05) is 30.9 Å². The summed E-state index contributed by atoms with van der Waals surface area (Å²) in [7, 11) is 0. The second-order valence-electron chi connectivity index (χ2n) is 8.65. The number of halogens is 3. The van der Waals surface area contributed by atoms with Gasteiger partial charge in [-0.05, 0) is 43.0 Å². The van der Waals surface area contributed by atoms with Crippen molar-refractivity contribution in [3.8, 4) is 0 Å². The Morgan fingerprint density at radius 3 is 2.40 bits per heavy atom. The van der Waals surface area contributed by atoms with Gasteiger partial charge in [0.2, 0.25) is 0 Å². The minimum Gasteiger partial charge on any atom is -0.449 e. The summed E-state index contributed by atoms with van der Waals surface area (Å²) in [6.45, 7) is 4.71. The molecule has 188 valence electrons. The van der Waals surface area contributed by atoms with Gasteiger partial charge in [0.25, 0.3) is 5.91 Å². The van der Waals surface area contributed by atoms with E-state index in [1.807, 2.05) is 13.8 Å². The molecule has 11 heteroatoms. The van der Waals surface area contributed by atoms with E-state index in [2.05, 4.69) is 5.32 Å². The molecule has 0 spiro atoms. The van der Waals surface area contributed by atoms with Crippen LogP contribution in [0.15, 0.2) is 36.4 Å². The summed E-state index contributed by atoms with van der Waals surface area (Å²) in [6, 6.07) is 5.27. The van der Waals surface area contributed by atoms with Gasteiger partial charge in [0.1, 0.15) is 17.5 Å². The summed E-state index contributed by atoms with van der Waals surface area (Å²) in [4.78, 5) is 39.7. The molecule has 0 atom stereocenters. The van der Waals surface area contributed by atoms with Gasteiger partial charge in [0.15, 0.2) is 0 Å². The van der Waals surface area contributed by atoms with Gasteiger partial charge in [-0.25, -0.2) is 22.8 Å². The summed E-state index contributed by atoms with van der Waals surface area (Å²) in [5.41, 5.74) is 4.28. The Morgan fingerprint density at radius 2 is 1.80 bits per heavy atom. The lowest BCUT2D eigenvalue weighted by atomic mass is 10.0. The number of ether oxygens (including phenoxy) is 1. The van der Waals surface area contributed by atoms with E-state index < -0.39 is 52.8 Å². The van der Waals surface area contributed by atoms with Gasteiger partial charge >= 0.3 is 12.1 Å². The van der Waals surface area contributed by atoms with E-state index in [1.54, 1.807) is 0 Å². The molecule has 0 radical (unpaired) electrons. The highest BCUT2D eigenvalue weighted by atomic mass is 19.1. The Hall–Kier alpha value is -3.76. The molecule has 0 aromatic heterocycles. The zero-order chi connectivity index (χ0) is 25.7. The molecule has 3 rings (SSSR count). The van der Waals surface area contributed by atoms with E-state index >= 15 is 0 Å². The molecule has 2 aromatic carbocycles. The van der Waals surface area contributed by atoms with Gasteiger partial charge in [-0.3, -0.25) is 9.69 Å². The third kappa shape index (κ3) is 6.43. The molecule has 0 saturated carbocycles. The van der Waals surface area contributed by atoms with Crippen molar-refractivity contribution < 1.29 is 32.3 Å². The number of primary amides is 1. The molecule has 0 bridgehead atoms. The lowest BCUT2D eigenvalue weighted by molar-refractivity contribution is 0.0836. The van der Waals surface area contributed by atoms with Crippen molar-refractivity contribution in [1.82, 2.24) is 4.90 Å². The van der Waals surface area contributed by atoms with E-state index in [1.165, 1.54) is 28.0 Å². The minimum absolute atomic E-state index is 0.186. The fourth-order valence-electron chi connectivity index (χ4n) is 3.76. The van der Waals surface area contributed by atoms with Crippen molar-refractivity contribution in [3.63, 3.8) is 0 Å². The maximum absolute atomic E-state index is 14.4. The average molecular weight is 492 g/mol. The second kappa shape index (κ2) is 11.1. The average Bonchev–Trinajstić information content (AvgIpc) is 2.79. The Kier molecular flexibility index (Phi) is 8.21. The van der Waals surface area contributed by atoms with Crippen LogP contribution in [-0.2, 0) is 4.74 Å². The van der Waals surface area contributed by atoms with Crippen LogP contribution in [0.1, 0.15) is 37.0 Å². The van der Waals surface area contributed by atoms with Crippen LogP contribution < -0.4 is 16.0 Å². The van der Waals surface area contributed by atoms with Crippen molar-refractivity contribution in [1.29, 1.82) is 0 Å². The smallest absolute Gasteiger partial charge is 0.409 e. The first-order valence-corrected chi connectivity index (χ1v) is 11.1. The standard InChI is InChI=1S/C24H27F3N4O4/c1-14(2)13-35-24(34)30-8-6-16(7-9-30)31(17-5-3-4-15(25)10-17)23(33)29-21-11-18(22(28)32)19(26)12-20(21)27/h3-5,10-12,14,16H,6-9,13H2,1-2H3,(H2,28,32)(H,29,33). The van der Waals surface area contributed by atoms with Crippen molar-refractivity contribution >= 4 is 29.4 Å². The normalized spacial score (nSPS) is 14.1. The maximum Gasteiger partial charge on any atom is 0.409 e. The van der Waals surface area contributed by atoms with Crippen LogP contribution in [0.2, 0.25) is 0 Å².